The fraction of sp³-hybridized carbons (Fsp3) is 0.0769. The number of rotatable bonds is 5. The second-order valence-electron chi connectivity index (χ2n) is 3.94. The van der Waals surface area contributed by atoms with Gasteiger partial charge in [0.25, 0.3) is 0 Å². The molecule has 0 radical (unpaired) electrons. The molecular weight excluding hydrogens is 310 g/mol. The number of amides is 1. The third-order valence-corrected chi connectivity index (χ3v) is 4.67. The van der Waals surface area contributed by atoms with Crippen LogP contribution in [0.15, 0.2) is 46.8 Å². The topological polar surface area (TPSA) is 88.2 Å². The van der Waals surface area contributed by atoms with E-state index < -0.39 is 10.0 Å². The van der Waals surface area contributed by atoms with Gasteiger partial charge in [0.15, 0.2) is 5.13 Å². The van der Waals surface area contributed by atoms with Crippen molar-refractivity contribution in [3.63, 3.8) is 0 Å². The Hall–Kier alpha value is -2.03. The van der Waals surface area contributed by atoms with Crippen LogP contribution in [0.25, 0.3) is 6.08 Å². The fourth-order valence-electron chi connectivity index (χ4n) is 1.48. The number of nitrogens with zero attached hydrogens (tertiary/aromatic N) is 1. The van der Waals surface area contributed by atoms with Crippen molar-refractivity contribution in [1.82, 2.24) is 9.71 Å². The molecule has 8 heteroatoms. The molecule has 0 fully saturated rings. The molecule has 110 valence electrons. The van der Waals surface area contributed by atoms with Crippen LogP contribution in [0.3, 0.4) is 0 Å². The van der Waals surface area contributed by atoms with Gasteiger partial charge in [-0.2, -0.15) is 0 Å². The van der Waals surface area contributed by atoms with Gasteiger partial charge in [0.2, 0.25) is 15.9 Å². The van der Waals surface area contributed by atoms with Crippen molar-refractivity contribution < 1.29 is 13.2 Å². The zero-order valence-corrected chi connectivity index (χ0v) is 12.7. The monoisotopic (exact) mass is 323 g/mol. The first kappa shape index (κ1) is 15.4. The number of anilines is 1. The van der Waals surface area contributed by atoms with Gasteiger partial charge in [-0.3, -0.25) is 10.1 Å². The van der Waals surface area contributed by atoms with Gasteiger partial charge in [-0.05, 0) is 30.8 Å². The Morgan fingerprint density at radius 1 is 1.29 bits per heavy atom. The SMILES string of the molecule is CNS(=O)(=O)c1ccc(/C=C/C(=O)Nc2nccs2)cc1. The van der Waals surface area contributed by atoms with Crippen LogP contribution in [-0.2, 0) is 14.8 Å². The van der Waals surface area contributed by atoms with Gasteiger partial charge < -0.3 is 0 Å². The van der Waals surface area contributed by atoms with Gasteiger partial charge in [-0.25, -0.2) is 18.1 Å². The van der Waals surface area contributed by atoms with Gasteiger partial charge >= 0.3 is 0 Å². The van der Waals surface area contributed by atoms with Crippen LogP contribution in [0, 0.1) is 0 Å². The molecule has 1 aromatic heterocycles. The predicted molar refractivity (Wildman–Crippen MR) is 82.5 cm³/mol. The zero-order chi connectivity index (χ0) is 15.3. The first-order valence-corrected chi connectivity index (χ1v) is 8.30. The molecule has 0 bridgehead atoms. The second-order valence-corrected chi connectivity index (χ2v) is 6.72. The van der Waals surface area contributed by atoms with E-state index in [2.05, 4.69) is 15.0 Å². The molecule has 0 aliphatic carbocycles. The third kappa shape index (κ3) is 4.22. The largest absolute Gasteiger partial charge is 0.298 e. The average molecular weight is 323 g/mol. The molecule has 1 aromatic carbocycles. The minimum absolute atomic E-state index is 0.175. The van der Waals surface area contributed by atoms with E-state index in [1.54, 1.807) is 29.8 Å². The molecule has 2 rings (SSSR count). The Morgan fingerprint density at radius 3 is 2.57 bits per heavy atom. The maximum Gasteiger partial charge on any atom is 0.250 e. The molecule has 0 atom stereocenters. The normalized spacial score (nSPS) is 11.7. The molecule has 1 heterocycles. The van der Waals surface area contributed by atoms with Crippen molar-refractivity contribution in [3.8, 4) is 0 Å². The van der Waals surface area contributed by atoms with Crippen molar-refractivity contribution in [3.05, 3.63) is 47.5 Å². The summed E-state index contributed by atoms with van der Waals surface area (Å²) < 4.78 is 25.4. The maximum atomic E-state index is 11.6. The molecule has 1 amide bonds. The van der Waals surface area contributed by atoms with E-state index >= 15 is 0 Å². The Balaban J connectivity index is 2.03. The predicted octanol–water partition coefficient (Wildman–Crippen LogP) is 1.70. The van der Waals surface area contributed by atoms with Gasteiger partial charge in [-0.15, -0.1) is 11.3 Å². The van der Waals surface area contributed by atoms with E-state index in [9.17, 15) is 13.2 Å². The Kier molecular flexibility index (Phi) is 4.84. The Morgan fingerprint density at radius 2 is 2.00 bits per heavy atom. The van der Waals surface area contributed by atoms with Crippen LogP contribution in [0.4, 0.5) is 5.13 Å². The quantitative estimate of drug-likeness (QED) is 0.820. The van der Waals surface area contributed by atoms with Gasteiger partial charge in [0, 0.05) is 17.7 Å². The molecule has 0 saturated heterocycles. The van der Waals surface area contributed by atoms with Crippen LogP contribution in [-0.4, -0.2) is 26.4 Å². The van der Waals surface area contributed by atoms with Crippen LogP contribution in [0.1, 0.15) is 5.56 Å². The highest BCUT2D eigenvalue weighted by Crippen LogP contribution is 2.12. The van der Waals surface area contributed by atoms with Crippen molar-refractivity contribution in [2.24, 2.45) is 0 Å². The van der Waals surface area contributed by atoms with E-state index in [1.165, 1.54) is 36.6 Å². The minimum Gasteiger partial charge on any atom is -0.298 e. The summed E-state index contributed by atoms with van der Waals surface area (Å²) in [6.07, 6.45) is 4.56. The molecule has 0 aliphatic rings. The first-order valence-electron chi connectivity index (χ1n) is 5.93. The van der Waals surface area contributed by atoms with Gasteiger partial charge in [0.1, 0.15) is 0 Å². The molecule has 2 aromatic rings. The summed E-state index contributed by atoms with van der Waals surface area (Å²) in [4.78, 5) is 15.7. The highest BCUT2D eigenvalue weighted by molar-refractivity contribution is 7.89. The van der Waals surface area contributed by atoms with E-state index in [-0.39, 0.29) is 10.8 Å². The lowest BCUT2D eigenvalue weighted by Crippen LogP contribution is -2.18. The molecule has 2 N–H and O–H groups in total. The van der Waals surface area contributed by atoms with Crippen molar-refractivity contribution >= 4 is 38.5 Å². The molecule has 0 spiro atoms. The number of benzene rings is 1. The number of thiazole rings is 1. The highest BCUT2D eigenvalue weighted by Gasteiger charge is 2.09. The van der Waals surface area contributed by atoms with Crippen LogP contribution in [0.2, 0.25) is 0 Å². The lowest BCUT2D eigenvalue weighted by Gasteiger charge is -2.02. The van der Waals surface area contributed by atoms with Crippen molar-refractivity contribution in [2.45, 2.75) is 4.90 Å². The van der Waals surface area contributed by atoms with Crippen LogP contribution in [0.5, 0.6) is 0 Å². The molecule has 0 saturated carbocycles. The van der Waals surface area contributed by atoms with Crippen molar-refractivity contribution in [1.29, 1.82) is 0 Å². The Bertz CT molecular complexity index is 735. The van der Waals surface area contributed by atoms with E-state index in [0.29, 0.717) is 5.13 Å². The average Bonchev–Trinajstić information content (AvgIpc) is 2.98. The standard InChI is InChI=1S/C13H13N3O3S2/c1-14-21(18,19)11-5-2-10(3-6-11)4-7-12(17)16-13-15-8-9-20-13/h2-9,14H,1H3,(H,15,16,17)/b7-4+. The highest BCUT2D eigenvalue weighted by atomic mass is 32.2. The minimum atomic E-state index is -3.44. The summed E-state index contributed by atoms with van der Waals surface area (Å²) >= 11 is 1.33. The fourth-order valence-corrected chi connectivity index (χ4v) is 2.74. The number of hydrogen-bond acceptors (Lipinski definition) is 5. The molecule has 0 unspecified atom stereocenters. The third-order valence-electron chi connectivity index (χ3n) is 2.55. The first-order chi connectivity index (χ1) is 10.0. The summed E-state index contributed by atoms with van der Waals surface area (Å²) in [7, 11) is -2.09. The van der Waals surface area contributed by atoms with E-state index in [1.807, 2.05) is 0 Å². The van der Waals surface area contributed by atoms with E-state index in [0.717, 1.165) is 5.56 Å². The summed E-state index contributed by atoms with van der Waals surface area (Å²) in [5.74, 6) is -0.295. The number of nitrogens with one attached hydrogen (secondary N) is 2. The molecule has 6 nitrogen and oxygen atoms in total. The molecular formula is C13H13N3O3S2. The number of sulfonamides is 1. The summed E-state index contributed by atoms with van der Waals surface area (Å²) in [5, 5.41) is 4.90. The molecule has 0 aliphatic heterocycles. The summed E-state index contributed by atoms with van der Waals surface area (Å²) in [6, 6.07) is 6.20. The lowest BCUT2D eigenvalue weighted by molar-refractivity contribution is -0.111. The van der Waals surface area contributed by atoms with E-state index in [4.69, 9.17) is 0 Å². The smallest absolute Gasteiger partial charge is 0.250 e. The number of carbonyl (C=O) groups is 1. The molecule has 21 heavy (non-hydrogen) atoms. The number of carbonyl (C=O) groups excluding carboxylic acids is 1. The maximum absolute atomic E-state index is 11.6. The number of aromatic nitrogens is 1. The Labute approximate surface area is 126 Å². The van der Waals surface area contributed by atoms with Gasteiger partial charge in [-0.1, -0.05) is 12.1 Å². The number of hydrogen-bond donors (Lipinski definition) is 2. The summed E-state index contributed by atoms with van der Waals surface area (Å²) in [6.45, 7) is 0. The van der Waals surface area contributed by atoms with Crippen LogP contribution >= 0.6 is 11.3 Å². The van der Waals surface area contributed by atoms with Crippen molar-refractivity contribution in [2.75, 3.05) is 12.4 Å². The zero-order valence-electron chi connectivity index (χ0n) is 11.1. The summed E-state index contributed by atoms with van der Waals surface area (Å²) in [5.41, 5.74) is 0.722. The second kappa shape index (κ2) is 6.61. The lowest BCUT2D eigenvalue weighted by atomic mass is 10.2. The van der Waals surface area contributed by atoms with Crippen LogP contribution < -0.4 is 10.0 Å². The van der Waals surface area contributed by atoms with Gasteiger partial charge in [0.05, 0.1) is 4.90 Å².